The van der Waals surface area contributed by atoms with E-state index in [-0.39, 0.29) is 0 Å². The Hall–Kier alpha value is -0.910. The Balaban J connectivity index is 2.87. The molecule has 0 spiro atoms. The van der Waals surface area contributed by atoms with Crippen LogP contribution in [0.25, 0.3) is 0 Å². The molecule has 1 rings (SSSR count). The summed E-state index contributed by atoms with van der Waals surface area (Å²) in [6.07, 6.45) is -0.597. The fourth-order valence-electron chi connectivity index (χ4n) is 1.22. The van der Waals surface area contributed by atoms with Crippen molar-refractivity contribution in [3.05, 3.63) is 17.5 Å². The van der Waals surface area contributed by atoms with Crippen LogP contribution in [0, 0.1) is 6.92 Å². The number of aromatic nitrogens is 2. The Labute approximate surface area is 76.2 Å². The van der Waals surface area contributed by atoms with E-state index >= 15 is 0 Å². The third kappa shape index (κ3) is 2.06. The molecule has 3 N–H and O–H groups in total. The van der Waals surface area contributed by atoms with Gasteiger partial charge in [0.15, 0.2) is 0 Å². The zero-order chi connectivity index (χ0) is 10.0. The van der Waals surface area contributed by atoms with Crippen molar-refractivity contribution in [2.24, 2.45) is 7.05 Å². The van der Waals surface area contributed by atoms with E-state index in [1.807, 2.05) is 0 Å². The molecule has 2 atom stereocenters. The predicted octanol–water partition coefficient (Wildman–Crippen LogP) is -0.885. The quantitative estimate of drug-likeness (QED) is 0.572. The van der Waals surface area contributed by atoms with E-state index in [0.29, 0.717) is 11.3 Å². The molecule has 0 aliphatic heterocycles. The molecule has 1 aromatic rings. The number of aliphatic hydroxyl groups excluding tert-OH is 3. The van der Waals surface area contributed by atoms with Gasteiger partial charge in [0.2, 0.25) is 0 Å². The van der Waals surface area contributed by atoms with E-state index in [4.69, 9.17) is 5.11 Å². The molecule has 5 heteroatoms. The van der Waals surface area contributed by atoms with Gasteiger partial charge in [-0.15, -0.1) is 0 Å². The maximum Gasteiger partial charge on any atom is 0.110 e. The lowest BCUT2D eigenvalue weighted by Gasteiger charge is -2.14. The van der Waals surface area contributed by atoms with Gasteiger partial charge in [0.1, 0.15) is 12.2 Å². The van der Waals surface area contributed by atoms with Gasteiger partial charge in [0.25, 0.3) is 0 Å². The summed E-state index contributed by atoms with van der Waals surface area (Å²) in [5, 5.41) is 31.3. The Morgan fingerprint density at radius 2 is 2.15 bits per heavy atom. The van der Waals surface area contributed by atoms with Gasteiger partial charge >= 0.3 is 0 Å². The molecule has 0 aliphatic carbocycles. The van der Waals surface area contributed by atoms with E-state index in [0.717, 1.165) is 0 Å². The van der Waals surface area contributed by atoms with Crippen LogP contribution in [-0.2, 0) is 7.05 Å². The first kappa shape index (κ1) is 10.2. The molecule has 0 amide bonds. The number of aliphatic hydroxyl groups is 3. The summed E-state index contributed by atoms with van der Waals surface area (Å²) in [5.41, 5.74) is 1.20. The van der Waals surface area contributed by atoms with Crippen molar-refractivity contribution in [2.45, 2.75) is 19.1 Å². The van der Waals surface area contributed by atoms with Crippen molar-refractivity contribution >= 4 is 0 Å². The van der Waals surface area contributed by atoms with Crippen LogP contribution in [0.5, 0.6) is 0 Å². The maximum absolute atomic E-state index is 9.52. The van der Waals surface area contributed by atoms with Gasteiger partial charge in [-0.1, -0.05) is 0 Å². The zero-order valence-electron chi connectivity index (χ0n) is 7.68. The molecule has 1 aromatic heterocycles. The highest BCUT2D eigenvalue weighted by molar-refractivity contribution is 5.19. The van der Waals surface area contributed by atoms with Crippen molar-refractivity contribution in [2.75, 3.05) is 6.61 Å². The minimum absolute atomic E-state index is 0.463. The van der Waals surface area contributed by atoms with Crippen molar-refractivity contribution in [1.82, 2.24) is 9.78 Å². The molecule has 5 nitrogen and oxygen atoms in total. The summed E-state index contributed by atoms with van der Waals surface area (Å²) in [6.45, 7) is 1.28. The summed E-state index contributed by atoms with van der Waals surface area (Å²) in [4.78, 5) is 0. The minimum Gasteiger partial charge on any atom is -0.394 e. The number of hydrogen-bond donors (Lipinski definition) is 3. The van der Waals surface area contributed by atoms with Crippen LogP contribution in [0.15, 0.2) is 6.20 Å². The number of hydrogen-bond acceptors (Lipinski definition) is 4. The number of aryl methyl sites for hydroxylation is 2. The highest BCUT2D eigenvalue weighted by Gasteiger charge is 2.20. The van der Waals surface area contributed by atoms with Crippen LogP contribution in [0.4, 0.5) is 0 Å². The lowest BCUT2D eigenvalue weighted by atomic mass is 10.1. The maximum atomic E-state index is 9.52. The molecule has 0 bridgehead atoms. The van der Waals surface area contributed by atoms with E-state index in [1.165, 1.54) is 0 Å². The minimum atomic E-state index is -1.15. The van der Waals surface area contributed by atoms with Gasteiger partial charge in [-0.05, 0) is 6.92 Å². The lowest BCUT2D eigenvalue weighted by molar-refractivity contribution is -0.0155. The molecule has 0 aromatic carbocycles. The van der Waals surface area contributed by atoms with Crippen LogP contribution >= 0.6 is 0 Å². The third-order valence-corrected chi connectivity index (χ3v) is 1.92. The van der Waals surface area contributed by atoms with Gasteiger partial charge in [-0.2, -0.15) is 5.10 Å². The van der Waals surface area contributed by atoms with Crippen LogP contribution < -0.4 is 0 Å². The van der Waals surface area contributed by atoms with Gasteiger partial charge in [0.05, 0.1) is 12.3 Å². The average molecular weight is 186 g/mol. The second kappa shape index (κ2) is 3.87. The topological polar surface area (TPSA) is 78.5 Å². The van der Waals surface area contributed by atoms with Crippen LogP contribution in [-0.4, -0.2) is 37.8 Å². The smallest absolute Gasteiger partial charge is 0.110 e. The number of rotatable bonds is 3. The van der Waals surface area contributed by atoms with Crippen molar-refractivity contribution < 1.29 is 15.3 Å². The van der Waals surface area contributed by atoms with Crippen LogP contribution in [0.3, 0.4) is 0 Å². The molecule has 1 heterocycles. The zero-order valence-corrected chi connectivity index (χ0v) is 7.68. The first-order chi connectivity index (χ1) is 6.06. The molecule has 0 aliphatic rings. The molecule has 0 fully saturated rings. The second-order valence-electron chi connectivity index (χ2n) is 3.04. The second-order valence-corrected chi connectivity index (χ2v) is 3.04. The van der Waals surface area contributed by atoms with Crippen molar-refractivity contribution in [3.8, 4) is 0 Å². The molecule has 13 heavy (non-hydrogen) atoms. The summed E-state index contributed by atoms with van der Waals surface area (Å²) < 4.78 is 1.55. The van der Waals surface area contributed by atoms with Gasteiger partial charge in [-0.25, -0.2) is 0 Å². The normalized spacial score (nSPS) is 15.8. The highest BCUT2D eigenvalue weighted by atomic mass is 16.4. The van der Waals surface area contributed by atoms with Crippen LogP contribution in [0.1, 0.15) is 17.4 Å². The molecule has 2 unspecified atom stereocenters. The van der Waals surface area contributed by atoms with Crippen LogP contribution in [0.2, 0.25) is 0 Å². The summed E-state index contributed by atoms with van der Waals surface area (Å²) in [5.74, 6) is 0. The molecule has 74 valence electrons. The Morgan fingerprint density at radius 3 is 2.54 bits per heavy atom. The Bertz CT molecular complexity index is 285. The Kier molecular flexibility index (Phi) is 3.02. The van der Waals surface area contributed by atoms with Gasteiger partial charge < -0.3 is 15.3 Å². The Morgan fingerprint density at radius 1 is 1.54 bits per heavy atom. The monoisotopic (exact) mass is 186 g/mol. The standard InChI is InChI=1S/C8H14N2O3/c1-5-6(3-10(2)9-5)8(13)7(12)4-11/h3,7-8,11-13H,4H2,1-2H3. The fraction of sp³-hybridized carbons (Fsp3) is 0.625. The molecule has 0 saturated heterocycles. The third-order valence-electron chi connectivity index (χ3n) is 1.92. The predicted molar refractivity (Wildman–Crippen MR) is 46.0 cm³/mol. The number of nitrogens with zero attached hydrogens (tertiary/aromatic N) is 2. The van der Waals surface area contributed by atoms with E-state index < -0.39 is 18.8 Å². The summed E-state index contributed by atoms with van der Waals surface area (Å²) in [6, 6.07) is 0. The van der Waals surface area contributed by atoms with Crippen molar-refractivity contribution in [1.29, 1.82) is 0 Å². The first-order valence-corrected chi connectivity index (χ1v) is 4.03. The van der Waals surface area contributed by atoms with Crippen molar-refractivity contribution in [3.63, 3.8) is 0 Å². The van der Waals surface area contributed by atoms with E-state index in [1.54, 1.807) is 24.9 Å². The van der Waals surface area contributed by atoms with Gasteiger partial charge in [-0.3, -0.25) is 4.68 Å². The molecular weight excluding hydrogens is 172 g/mol. The lowest BCUT2D eigenvalue weighted by Crippen LogP contribution is -2.22. The summed E-state index contributed by atoms with van der Waals surface area (Å²) >= 11 is 0. The first-order valence-electron chi connectivity index (χ1n) is 4.03. The van der Waals surface area contributed by atoms with E-state index in [2.05, 4.69) is 5.10 Å². The average Bonchev–Trinajstić information content (AvgIpc) is 2.42. The molecule has 0 radical (unpaired) electrons. The summed E-state index contributed by atoms with van der Waals surface area (Å²) in [7, 11) is 1.73. The molecule has 0 saturated carbocycles. The largest absolute Gasteiger partial charge is 0.394 e. The van der Waals surface area contributed by atoms with E-state index in [9.17, 15) is 10.2 Å². The molecular formula is C8H14N2O3. The van der Waals surface area contributed by atoms with Gasteiger partial charge in [0, 0.05) is 18.8 Å². The highest BCUT2D eigenvalue weighted by Crippen LogP contribution is 2.19. The SMILES string of the molecule is Cc1nn(C)cc1C(O)C(O)CO. The fourth-order valence-corrected chi connectivity index (χ4v) is 1.22.